The summed E-state index contributed by atoms with van der Waals surface area (Å²) in [7, 11) is 0. The molecule has 0 nitrogen and oxygen atoms in total. The van der Waals surface area contributed by atoms with Gasteiger partial charge in [-0.1, -0.05) is 25.5 Å². The smallest absolute Gasteiger partial charge is 0.0199 e. The highest BCUT2D eigenvalue weighted by Crippen LogP contribution is 2.62. The molecule has 0 heteroatoms. The SMILES string of the molecule is CC1C=CC(C2C3CCCC32)CC1. The third-order valence-electron chi connectivity index (χ3n) is 4.61. The first-order valence-electron chi connectivity index (χ1n) is 6.04. The first kappa shape index (κ1) is 8.08. The standard InChI is InChI=1S/C13H20/c1-9-5-7-10(8-6-9)13-11-3-2-4-12(11)13/h5,7,9-13H,2-4,6,8H2,1H3. The van der Waals surface area contributed by atoms with Gasteiger partial charge in [-0.2, -0.15) is 0 Å². The molecule has 4 atom stereocenters. The number of hydrogen-bond acceptors (Lipinski definition) is 0. The summed E-state index contributed by atoms with van der Waals surface area (Å²) in [6, 6.07) is 0. The fourth-order valence-corrected chi connectivity index (χ4v) is 3.81. The first-order chi connectivity index (χ1) is 6.36. The summed E-state index contributed by atoms with van der Waals surface area (Å²) in [4.78, 5) is 0. The van der Waals surface area contributed by atoms with Crippen molar-refractivity contribution in [1.29, 1.82) is 0 Å². The monoisotopic (exact) mass is 176 g/mol. The lowest BCUT2D eigenvalue weighted by atomic mass is 9.84. The lowest BCUT2D eigenvalue weighted by molar-refractivity contribution is 0.390. The number of hydrogen-bond donors (Lipinski definition) is 0. The van der Waals surface area contributed by atoms with Crippen LogP contribution >= 0.6 is 0 Å². The van der Waals surface area contributed by atoms with E-state index in [4.69, 9.17) is 0 Å². The van der Waals surface area contributed by atoms with Gasteiger partial charge in [0.05, 0.1) is 0 Å². The van der Waals surface area contributed by atoms with Crippen LogP contribution in [0.25, 0.3) is 0 Å². The highest BCUT2D eigenvalue weighted by Gasteiger charge is 2.54. The summed E-state index contributed by atoms with van der Waals surface area (Å²) in [5, 5.41) is 0. The third kappa shape index (κ3) is 1.26. The fourth-order valence-electron chi connectivity index (χ4n) is 3.81. The van der Waals surface area contributed by atoms with Gasteiger partial charge in [0.2, 0.25) is 0 Å². The van der Waals surface area contributed by atoms with Crippen LogP contribution in [-0.2, 0) is 0 Å². The summed E-state index contributed by atoms with van der Waals surface area (Å²) < 4.78 is 0. The molecule has 2 saturated carbocycles. The van der Waals surface area contributed by atoms with Crippen LogP contribution in [0, 0.1) is 29.6 Å². The zero-order valence-electron chi connectivity index (χ0n) is 8.58. The molecule has 0 radical (unpaired) electrons. The Labute approximate surface area is 81.4 Å². The van der Waals surface area contributed by atoms with Crippen LogP contribution in [-0.4, -0.2) is 0 Å². The van der Waals surface area contributed by atoms with E-state index in [9.17, 15) is 0 Å². The number of fused-ring (bicyclic) bond motifs is 1. The largest absolute Gasteiger partial charge is 0.0854 e. The van der Waals surface area contributed by atoms with Crippen LogP contribution in [0.4, 0.5) is 0 Å². The Bertz CT molecular complexity index is 218. The second-order valence-electron chi connectivity index (χ2n) is 5.44. The average molecular weight is 176 g/mol. The van der Waals surface area contributed by atoms with Crippen LogP contribution in [0.5, 0.6) is 0 Å². The maximum atomic E-state index is 2.54. The molecule has 3 aliphatic rings. The highest BCUT2D eigenvalue weighted by molar-refractivity contribution is 5.10. The Morgan fingerprint density at radius 1 is 0.923 bits per heavy atom. The van der Waals surface area contributed by atoms with Gasteiger partial charge in [0, 0.05) is 0 Å². The average Bonchev–Trinajstić information content (AvgIpc) is 2.63. The number of allylic oxidation sites excluding steroid dienone is 2. The first-order valence-corrected chi connectivity index (χ1v) is 6.04. The van der Waals surface area contributed by atoms with Crippen LogP contribution in [0.15, 0.2) is 12.2 Å². The van der Waals surface area contributed by atoms with Crippen molar-refractivity contribution in [3.63, 3.8) is 0 Å². The molecule has 0 aromatic heterocycles. The minimum absolute atomic E-state index is 0.856. The molecule has 0 spiro atoms. The molecule has 0 bridgehead atoms. The van der Waals surface area contributed by atoms with E-state index in [2.05, 4.69) is 19.1 Å². The molecule has 0 amide bonds. The Kier molecular flexibility index (Phi) is 1.78. The molecule has 0 N–H and O–H groups in total. The van der Waals surface area contributed by atoms with Crippen molar-refractivity contribution in [2.24, 2.45) is 29.6 Å². The molecule has 3 aliphatic carbocycles. The predicted octanol–water partition coefficient (Wildman–Crippen LogP) is 3.63. The lowest BCUT2D eigenvalue weighted by Gasteiger charge is -2.21. The van der Waals surface area contributed by atoms with Gasteiger partial charge >= 0.3 is 0 Å². The second kappa shape index (κ2) is 2.87. The second-order valence-corrected chi connectivity index (χ2v) is 5.44. The van der Waals surface area contributed by atoms with Crippen LogP contribution in [0.1, 0.15) is 39.0 Å². The topological polar surface area (TPSA) is 0 Å². The molecule has 0 saturated heterocycles. The van der Waals surface area contributed by atoms with E-state index in [1.165, 1.54) is 19.3 Å². The van der Waals surface area contributed by atoms with E-state index in [0.717, 1.165) is 29.6 Å². The van der Waals surface area contributed by atoms with Crippen molar-refractivity contribution < 1.29 is 0 Å². The summed E-state index contributed by atoms with van der Waals surface area (Å²) in [5.74, 6) is 5.27. The van der Waals surface area contributed by atoms with E-state index in [1.54, 1.807) is 12.8 Å². The van der Waals surface area contributed by atoms with Gasteiger partial charge in [0.1, 0.15) is 0 Å². The van der Waals surface area contributed by atoms with Gasteiger partial charge in [-0.3, -0.25) is 0 Å². The molecule has 3 rings (SSSR count). The molecule has 2 fully saturated rings. The molecule has 0 aromatic rings. The van der Waals surface area contributed by atoms with Gasteiger partial charge < -0.3 is 0 Å². The van der Waals surface area contributed by atoms with E-state index >= 15 is 0 Å². The van der Waals surface area contributed by atoms with E-state index in [-0.39, 0.29) is 0 Å². The van der Waals surface area contributed by atoms with Gasteiger partial charge in [0.15, 0.2) is 0 Å². The minimum Gasteiger partial charge on any atom is -0.0854 e. The van der Waals surface area contributed by atoms with Crippen molar-refractivity contribution in [2.75, 3.05) is 0 Å². The molecule has 72 valence electrons. The van der Waals surface area contributed by atoms with E-state index in [1.807, 2.05) is 0 Å². The highest BCUT2D eigenvalue weighted by atomic mass is 14.6. The van der Waals surface area contributed by atoms with Gasteiger partial charge in [-0.25, -0.2) is 0 Å². The molecule has 4 unspecified atom stereocenters. The Balaban J connectivity index is 1.65. The maximum Gasteiger partial charge on any atom is -0.0199 e. The zero-order valence-corrected chi connectivity index (χ0v) is 8.58. The van der Waals surface area contributed by atoms with E-state index in [0.29, 0.717) is 0 Å². The minimum atomic E-state index is 0.856. The van der Waals surface area contributed by atoms with Crippen molar-refractivity contribution >= 4 is 0 Å². The van der Waals surface area contributed by atoms with Crippen molar-refractivity contribution in [3.8, 4) is 0 Å². The Hall–Kier alpha value is -0.260. The fraction of sp³-hybridized carbons (Fsp3) is 0.846. The van der Waals surface area contributed by atoms with Gasteiger partial charge in [-0.15, -0.1) is 0 Å². The molecule has 0 aromatic carbocycles. The molecule has 0 aliphatic heterocycles. The zero-order chi connectivity index (χ0) is 8.84. The molecule has 13 heavy (non-hydrogen) atoms. The van der Waals surface area contributed by atoms with E-state index < -0.39 is 0 Å². The lowest BCUT2D eigenvalue weighted by Crippen LogP contribution is -2.10. The number of rotatable bonds is 1. The van der Waals surface area contributed by atoms with Crippen molar-refractivity contribution in [3.05, 3.63) is 12.2 Å². The van der Waals surface area contributed by atoms with Gasteiger partial charge in [0.25, 0.3) is 0 Å². The quantitative estimate of drug-likeness (QED) is 0.535. The predicted molar refractivity (Wildman–Crippen MR) is 55.3 cm³/mol. The van der Waals surface area contributed by atoms with Crippen molar-refractivity contribution in [2.45, 2.75) is 39.0 Å². The van der Waals surface area contributed by atoms with Gasteiger partial charge in [-0.05, 0) is 55.3 Å². The summed E-state index contributed by atoms with van der Waals surface area (Å²) in [6.07, 6.45) is 12.6. The summed E-state index contributed by atoms with van der Waals surface area (Å²) in [6.45, 7) is 2.35. The van der Waals surface area contributed by atoms with Crippen LogP contribution in [0.3, 0.4) is 0 Å². The normalized spacial score (nSPS) is 53.5. The summed E-state index contributed by atoms with van der Waals surface area (Å²) >= 11 is 0. The molecular weight excluding hydrogens is 156 g/mol. The van der Waals surface area contributed by atoms with Crippen LogP contribution < -0.4 is 0 Å². The molecule has 0 heterocycles. The summed E-state index contributed by atoms with van der Waals surface area (Å²) in [5.41, 5.74) is 0. The Morgan fingerprint density at radius 2 is 1.69 bits per heavy atom. The maximum absolute atomic E-state index is 2.54. The van der Waals surface area contributed by atoms with Crippen LogP contribution in [0.2, 0.25) is 0 Å². The third-order valence-corrected chi connectivity index (χ3v) is 4.61. The van der Waals surface area contributed by atoms with Crippen molar-refractivity contribution in [1.82, 2.24) is 0 Å². The Morgan fingerprint density at radius 3 is 2.31 bits per heavy atom. The molecular formula is C13H20.